The van der Waals surface area contributed by atoms with Gasteiger partial charge in [0, 0.05) is 31.2 Å². The maximum absolute atomic E-state index is 13.3. The maximum atomic E-state index is 13.3. The number of benzene rings is 1. The first-order valence-electron chi connectivity index (χ1n) is 11.3. The summed E-state index contributed by atoms with van der Waals surface area (Å²) in [7, 11) is 0. The van der Waals surface area contributed by atoms with Crippen LogP contribution in [0.2, 0.25) is 0 Å². The summed E-state index contributed by atoms with van der Waals surface area (Å²) >= 11 is 0. The minimum Gasteiger partial charge on any atom is -0.493 e. The van der Waals surface area contributed by atoms with Gasteiger partial charge < -0.3 is 14.4 Å². The van der Waals surface area contributed by atoms with Crippen LogP contribution >= 0.6 is 0 Å². The highest BCUT2D eigenvalue weighted by molar-refractivity contribution is 5.79. The second kappa shape index (κ2) is 10.6. The highest BCUT2D eigenvalue weighted by atomic mass is 16.5. The SMILES string of the molecule is O=C(C1CCCCC1)N(Cc1cccc(OC[C@H]2CCOC2)c1)Cc1ccccn1. The lowest BCUT2D eigenvalue weighted by Gasteiger charge is -2.29. The predicted molar refractivity (Wildman–Crippen MR) is 116 cm³/mol. The molecule has 1 saturated carbocycles. The van der Waals surface area contributed by atoms with Crippen molar-refractivity contribution in [2.45, 2.75) is 51.6 Å². The van der Waals surface area contributed by atoms with E-state index in [4.69, 9.17) is 9.47 Å². The number of amides is 1. The summed E-state index contributed by atoms with van der Waals surface area (Å²) in [4.78, 5) is 19.8. The number of hydrogen-bond donors (Lipinski definition) is 0. The van der Waals surface area contributed by atoms with Gasteiger partial charge in [0.1, 0.15) is 5.75 Å². The quantitative estimate of drug-likeness (QED) is 0.640. The molecule has 0 N–H and O–H groups in total. The summed E-state index contributed by atoms with van der Waals surface area (Å²) in [5.74, 6) is 1.74. The van der Waals surface area contributed by atoms with Crippen molar-refractivity contribution < 1.29 is 14.3 Å². The molecule has 1 aliphatic heterocycles. The molecular weight excluding hydrogens is 376 g/mol. The van der Waals surface area contributed by atoms with Crippen LogP contribution in [0.5, 0.6) is 5.75 Å². The second-order valence-corrected chi connectivity index (χ2v) is 8.54. The number of rotatable bonds is 8. The molecule has 2 aliphatic rings. The van der Waals surface area contributed by atoms with Gasteiger partial charge in [-0.05, 0) is 49.1 Å². The van der Waals surface area contributed by atoms with E-state index in [0.29, 0.717) is 25.6 Å². The van der Waals surface area contributed by atoms with Gasteiger partial charge in [0.05, 0.1) is 25.5 Å². The zero-order valence-corrected chi connectivity index (χ0v) is 17.7. The third-order valence-electron chi connectivity index (χ3n) is 6.13. The van der Waals surface area contributed by atoms with Crippen molar-refractivity contribution >= 4 is 5.91 Å². The van der Waals surface area contributed by atoms with Crippen LogP contribution in [0.4, 0.5) is 0 Å². The summed E-state index contributed by atoms with van der Waals surface area (Å²) < 4.78 is 11.4. The molecule has 1 amide bonds. The Morgan fingerprint density at radius 1 is 1.07 bits per heavy atom. The summed E-state index contributed by atoms with van der Waals surface area (Å²) in [6.07, 6.45) is 8.42. The van der Waals surface area contributed by atoms with Crippen LogP contribution in [-0.2, 0) is 22.6 Å². The lowest BCUT2D eigenvalue weighted by molar-refractivity contribution is -0.138. The Hall–Kier alpha value is -2.40. The van der Waals surface area contributed by atoms with Crippen LogP contribution in [0.25, 0.3) is 0 Å². The first-order valence-corrected chi connectivity index (χ1v) is 11.3. The van der Waals surface area contributed by atoms with Gasteiger partial charge in [-0.3, -0.25) is 9.78 Å². The van der Waals surface area contributed by atoms with Crippen LogP contribution in [-0.4, -0.2) is 35.6 Å². The number of carbonyl (C=O) groups is 1. The highest BCUT2D eigenvalue weighted by Gasteiger charge is 2.26. The van der Waals surface area contributed by atoms with Gasteiger partial charge >= 0.3 is 0 Å². The average Bonchev–Trinajstić information content (AvgIpc) is 3.32. The molecule has 1 aliphatic carbocycles. The molecule has 1 atom stereocenters. The molecule has 160 valence electrons. The van der Waals surface area contributed by atoms with Crippen LogP contribution in [0.1, 0.15) is 49.8 Å². The Morgan fingerprint density at radius 3 is 2.73 bits per heavy atom. The third kappa shape index (κ3) is 5.82. The minimum absolute atomic E-state index is 0.143. The molecule has 2 heterocycles. The molecule has 0 radical (unpaired) electrons. The lowest BCUT2D eigenvalue weighted by atomic mass is 9.88. The molecule has 0 unspecified atom stereocenters. The van der Waals surface area contributed by atoms with Crippen molar-refractivity contribution in [2.24, 2.45) is 11.8 Å². The number of pyridine rings is 1. The van der Waals surface area contributed by atoms with Crippen molar-refractivity contribution in [2.75, 3.05) is 19.8 Å². The molecule has 5 heteroatoms. The third-order valence-corrected chi connectivity index (χ3v) is 6.13. The Bertz CT molecular complexity index is 799. The van der Waals surface area contributed by atoms with Crippen LogP contribution in [0.3, 0.4) is 0 Å². The molecule has 0 spiro atoms. The van der Waals surface area contributed by atoms with Crippen LogP contribution in [0, 0.1) is 11.8 Å². The van der Waals surface area contributed by atoms with Gasteiger partial charge in [0.15, 0.2) is 0 Å². The molecule has 1 aromatic carbocycles. The van der Waals surface area contributed by atoms with Crippen molar-refractivity contribution in [3.8, 4) is 5.75 Å². The highest BCUT2D eigenvalue weighted by Crippen LogP contribution is 2.27. The molecular formula is C25H32N2O3. The Labute approximate surface area is 179 Å². The average molecular weight is 409 g/mol. The molecule has 2 aromatic rings. The van der Waals surface area contributed by atoms with E-state index >= 15 is 0 Å². The molecule has 1 aromatic heterocycles. The normalized spacial score (nSPS) is 19.5. The summed E-state index contributed by atoms with van der Waals surface area (Å²) in [5, 5.41) is 0. The van der Waals surface area contributed by atoms with Crippen molar-refractivity contribution in [3.05, 3.63) is 59.9 Å². The Morgan fingerprint density at radius 2 is 1.97 bits per heavy atom. The first kappa shape index (κ1) is 20.9. The zero-order chi connectivity index (χ0) is 20.6. The van der Waals surface area contributed by atoms with Gasteiger partial charge in [0.2, 0.25) is 5.91 Å². The van der Waals surface area contributed by atoms with Gasteiger partial charge in [-0.25, -0.2) is 0 Å². The second-order valence-electron chi connectivity index (χ2n) is 8.54. The number of aromatic nitrogens is 1. The lowest BCUT2D eigenvalue weighted by Crippen LogP contribution is -2.36. The van der Waals surface area contributed by atoms with Crippen molar-refractivity contribution in [1.82, 2.24) is 9.88 Å². The van der Waals surface area contributed by atoms with E-state index in [9.17, 15) is 4.79 Å². The molecule has 5 nitrogen and oxygen atoms in total. The van der Waals surface area contributed by atoms with E-state index in [1.54, 1.807) is 6.20 Å². The Balaban J connectivity index is 1.44. The Kier molecular flexibility index (Phi) is 7.35. The first-order chi connectivity index (χ1) is 14.8. The van der Waals surface area contributed by atoms with Crippen molar-refractivity contribution in [3.63, 3.8) is 0 Å². The van der Waals surface area contributed by atoms with E-state index in [1.807, 2.05) is 35.2 Å². The molecule has 2 fully saturated rings. The molecule has 30 heavy (non-hydrogen) atoms. The molecule has 1 saturated heterocycles. The predicted octanol–water partition coefficient (Wildman–Crippen LogP) is 4.61. The number of carbonyl (C=O) groups excluding carboxylic acids is 1. The standard InChI is InChI=1S/C25H32N2O3/c28-25(22-8-2-1-3-9-22)27(17-23-10-4-5-13-26-23)16-20-7-6-11-24(15-20)30-19-21-12-14-29-18-21/h4-7,10-11,13,15,21-22H,1-3,8-9,12,14,16-19H2/t21-/m0/s1. The number of ether oxygens (including phenoxy) is 2. The van der Waals surface area contributed by atoms with E-state index in [1.165, 1.54) is 6.42 Å². The van der Waals surface area contributed by atoms with E-state index in [2.05, 4.69) is 17.1 Å². The van der Waals surface area contributed by atoms with Gasteiger partial charge in [-0.1, -0.05) is 37.5 Å². The van der Waals surface area contributed by atoms with E-state index in [0.717, 1.165) is 62.3 Å². The van der Waals surface area contributed by atoms with E-state index < -0.39 is 0 Å². The fourth-order valence-electron chi connectivity index (χ4n) is 4.39. The number of nitrogens with zero attached hydrogens (tertiary/aromatic N) is 2. The zero-order valence-electron chi connectivity index (χ0n) is 17.7. The maximum Gasteiger partial charge on any atom is 0.226 e. The van der Waals surface area contributed by atoms with Crippen LogP contribution in [0.15, 0.2) is 48.7 Å². The molecule has 4 rings (SSSR count). The number of hydrogen-bond acceptors (Lipinski definition) is 4. The monoisotopic (exact) mass is 408 g/mol. The summed E-state index contributed by atoms with van der Waals surface area (Å²) in [6.45, 7) is 3.42. The van der Waals surface area contributed by atoms with Crippen LogP contribution < -0.4 is 4.74 Å². The van der Waals surface area contributed by atoms with Gasteiger partial charge in [0.25, 0.3) is 0 Å². The fourth-order valence-corrected chi connectivity index (χ4v) is 4.39. The van der Waals surface area contributed by atoms with Gasteiger partial charge in [-0.15, -0.1) is 0 Å². The summed E-state index contributed by atoms with van der Waals surface area (Å²) in [6, 6.07) is 14.0. The topological polar surface area (TPSA) is 51.7 Å². The fraction of sp³-hybridized carbons (Fsp3) is 0.520. The molecule has 0 bridgehead atoms. The van der Waals surface area contributed by atoms with Gasteiger partial charge in [-0.2, -0.15) is 0 Å². The largest absolute Gasteiger partial charge is 0.493 e. The smallest absolute Gasteiger partial charge is 0.226 e. The van der Waals surface area contributed by atoms with Crippen molar-refractivity contribution in [1.29, 1.82) is 0 Å². The van der Waals surface area contributed by atoms with E-state index in [-0.39, 0.29) is 11.8 Å². The summed E-state index contributed by atoms with van der Waals surface area (Å²) in [5.41, 5.74) is 2.02. The minimum atomic E-state index is 0.143.